The van der Waals surface area contributed by atoms with Crippen LogP contribution in [-0.4, -0.2) is 24.9 Å². The van der Waals surface area contributed by atoms with Crippen LogP contribution in [0.5, 0.6) is 5.75 Å². The summed E-state index contributed by atoms with van der Waals surface area (Å²) in [7, 11) is 0. The van der Waals surface area contributed by atoms with E-state index < -0.39 is 0 Å². The third kappa shape index (κ3) is 6.24. The molecule has 18 heavy (non-hydrogen) atoms. The average molecular weight is 248 g/mol. The van der Waals surface area contributed by atoms with Crippen molar-refractivity contribution in [3.05, 3.63) is 29.8 Å². The van der Waals surface area contributed by atoms with E-state index in [1.807, 2.05) is 30.3 Å². The van der Waals surface area contributed by atoms with Crippen molar-refractivity contribution in [2.24, 2.45) is 0 Å². The summed E-state index contributed by atoms with van der Waals surface area (Å²) in [4.78, 5) is 0. The van der Waals surface area contributed by atoms with Crippen LogP contribution in [0.25, 0.3) is 0 Å². The summed E-state index contributed by atoms with van der Waals surface area (Å²) in [6.45, 7) is 2.16. The Morgan fingerprint density at radius 1 is 1.17 bits per heavy atom. The van der Waals surface area contributed by atoms with Crippen molar-refractivity contribution in [2.75, 3.05) is 19.8 Å². The summed E-state index contributed by atoms with van der Waals surface area (Å²) in [6, 6.07) is 9.67. The number of hydrogen-bond donors (Lipinski definition) is 2. The van der Waals surface area contributed by atoms with Crippen molar-refractivity contribution in [1.82, 2.24) is 5.32 Å². The van der Waals surface area contributed by atoms with Crippen LogP contribution in [0.4, 0.5) is 0 Å². The molecular formula is C14H20N2O2. The summed E-state index contributed by atoms with van der Waals surface area (Å²) in [5.74, 6) is 0.725. The zero-order valence-electron chi connectivity index (χ0n) is 10.6. The van der Waals surface area contributed by atoms with E-state index in [0.29, 0.717) is 0 Å². The van der Waals surface area contributed by atoms with Crippen molar-refractivity contribution in [1.29, 1.82) is 5.26 Å². The molecule has 0 saturated carbocycles. The van der Waals surface area contributed by atoms with Crippen molar-refractivity contribution in [3.8, 4) is 11.8 Å². The van der Waals surface area contributed by atoms with E-state index in [2.05, 4.69) is 5.32 Å². The summed E-state index contributed by atoms with van der Waals surface area (Å²) in [5.41, 5.74) is 1.20. The number of nitrogens with zero attached hydrogens (tertiary/aromatic N) is 1. The third-order valence-electron chi connectivity index (χ3n) is 2.57. The smallest absolute Gasteiger partial charge is 0.174 e. The number of rotatable bonds is 9. The zero-order valence-corrected chi connectivity index (χ0v) is 10.6. The Labute approximate surface area is 108 Å². The van der Waals surface area contributed by atoms with Gasteiger partial charge in [0.2, 0.25) is 0 Å². The van der Waals surface area contributed by atoms with Crippen LogP contribution < -0.4 is 10.1 Å². The van der Waals surface area contributed by atoms with Crippen LogP contribution in [-0.2, 0) is 6.54 Å². The summed E-state index contributed by atoms with van der Waals surface area (Å²) < 4.78 is 5.17. The summed E-state index contributed by atoms with van der Waals surface area (Å²) in [6.07, 6.45) is 3.03. The van der Waals surface area contributed by atoms with Gasteiger partial charge < -0.3 is 15.2 Å². The lowest BCUT2D eigenvalue weighted by Gasteiger charge is -2.06. The van der Waals surface area contributed by atoms with E-state index in [1.54, 1.807) is 0 Å². The lowest BCUT2D eigenvalue weighted by molar-refractivity contribution is 0.283. The first-order valence-corrected chi connectivity index (χ1v) is 6.27. The fourth-order valence-electron chi connectivity index (χ4n) is 1.59. The zero-order chi connectivity index (χ0) is 13.1. The highest BCUT2D eigenvalue weighted by molar-refractivity contribution is 5.27. The molecule has 0 unspecified atom stereocenters. The number of benzene rings is 1. The highest BCUT2D eigenvalue weighted by Gasteiger charge is 1.95. The molecule has 0 bridgehead atoms. The molecule has 0 aliphatic carbocycles. The Balaban J connectivity index is 2.17. The van der Waals surface area contributed by atoms with Gasteiger partial charge in [0.1, 0.15) is 11.8 Å². The Hall–Kier alpha value is -1.57. The molecule has 0 spiro atoms. The molecule has 0 aromatic heterocycles. The Kier molecular flexibility index (Phi) is 7.61. The molecule has 98 valence electrons. The van der Waals surface area contributed by atoms with Crippen molar-refractivity contribution < 1.29 is 9.84 Å². The van der Waals surface area contributed by atoms with Gasteiger partial charge in [0.05, 0.1) is 0 Å². The van der Waals surface area contributed by atoms with Gasteiger partial charge in [-0.1, -0.05) is 12.1 Å². The molecule has 0 atom stereocenters. The van der Waals surface area contributed by atoms with Gasteiger partial charge in [-0.2, -0.15) is 5.26 Å². The van der Waals surface area contributed by atoms with E-state index in [-0.39, 0.29) is 13.2 Å². The monoisotopic (exact) mass is 248 g/mol. The normalized spacial score (nSPS) is 10.0. The van der Waals surface area contributed by atoms with Gasteiger partial charge in [-0.05, 0) is 43.5 Å². The molecule has 1 aromatic carbocycles. The molecule has 4 nitrogen and oxygen atoms in total. The summed E-state index contributed by atoms with van der Waals surface area (Å²) >= 11 is 0. The first-order chi connectivity index (χ1) is 8.86. The third-order valence-corrected chi connectivity index (χ3v) is 2.57. The molecule has 0 heterocycles. The SMILES string of the molecule is N#CCOc1ccc(CNCCCCCO)cc1. The number of hydrogen-bond acceptors (Lipinski definition) is 4. The van der Waals surface area contributed by atoms with Crippen molar-refractivity contribution in [2.45, 2.75) is 25.8 Å². The first kappa shape index (κ1) is 14.5. The maximum absolute atomic E-state index is 8.64. The molecule has 0 radical (unpaired) electrons. The molecule has 0 saturated heterocycles. The van der Waals surface area contributed by atoms with Crippen LogP contribution in [0.2, 0.25) is 0 Å². The van der Waals surface area contributed by atoms with E-state index in [1.165, 1.54) is 5.56 Å². The maximum atomic E-state index is 8.64. The number of aliphatic hydroxyl groups is 1. The van der Waals surface area contributed by atoms with Crippen LogP contribution in [0, 0.1) is 11.3 Å². The van der Waals surface area contributed by atoms with E-state index >= 15 is 0 Å². The minimum Gasteiger partial charge on any atom is -0.479 e. The number of ether oxygens (including phenoxy) is 1. The van der Waals surface area contributed by atoms with E-state index in [0.717, 1.165) is 38.1 Å². The number of unbranched alkanes of at least 4 members (excludes halogenated alkanes) is 2. The van der Waals surface area contributed by atoms with Gasteiger partial charge in [0.15, 0.2) is 6.61 Å². The number of nitriles is 1. The number of nitrogens with one attached hydrogen (secondary N) is 1. The van der Waals surface area contributed by atoms with Gasteiger partial charge in [0.25, 0.3) is 0 Å². The lowest BCUT2D eigenvalue weighted by atomic mass is 10.2. The van der Waals surface area contributed by atoms with Crippen LogP contribution in [0.1, 0.15) is 24.8 Å². The molecule has 4 heteroatoms. The predicted molar refractivity (Wildman–Crippen MR) is 70.2 cm³/mol. The van der Waals surface area contributed by atoms with E-state index in [9.17, 15) is 0 Å². The standard InChI is InChI=1S/C14H20N2O2/c15-8-11-18-14-6-4-13(5-7-14)12-16-9-2-1-3-10-17/h4-7,16-17H,1-3,9-12H2. The van der Waals surface area contributed by atoms with Gasteiger partial charge in [-0.25, -0.2) is 0 Å². The Bertz CT molecular complexity index is 357. The minimum absolute atomic E-state index is 0.0858. The van der Waals surface area contributed by atoms with E-state index in [4.69, 9.17) is 15.1 Å². The Morgan fingerprint density at radius 3 is 2.61 bits per heavy atom. The van der Waals surface area contributed by atoms with Gasteiger partial charge in [-0.3, -0.25) is 0 Å². The highest BCUT2D eigenvalue weighted by Crippen LogP contribution is 2.11. The van der Waals surface area contributed by atoms with Gasteiger partial charge in [-0.15, -0.1) is 0 Å². The molecule has 0 fully saturated rings. The molecule has 0 aliphatic heterocycles. The van der Waals surface area contributed by atoms with Crippen LogP contribution in [0.3, 0.4) is 0 Å². The molecule has 2 N–H and O–H groups in total. The highest BCUT2D eigenvalue weighted by atomic mass is 16.5. The second kappa shape index (κ2) is 9.46. The second-order valence-electron chi connectivity index (χ2n) is 4.05. The van der Waals surface area contributed by atoms with Gasteiger partial charge >= 0.3 is 0 Å². The second-order valence-corrected chi connectivity index (χ2v) is 4.05. The summed E-state index contributed by atoms with van der Waals surface area (Å²) in [5, 5.41) is 20.4. The van der Waals surface area contributed by atoms with Crippen LogP contribution >= 0.6 is 0 Å². The fraction of sp³-hybridized carbons (Fsp3) is 0.500. The van der Waals surface area contributed by atoms with Crippen molar-refractivity contribution in [3.63, 3.8) is 0 Å². The lowest BCUT2D eigenvalue weighted by Crippen LogP contribution is -2.14. The van der Waals surface area contributed by atoms with Crippen LogP contribution in [0.15, 0.2) is 24.3 Å². The molecule has 0 aliphatic rings. The first-order valence-electron chi connectivity index (χ1n) is 6.27. The fourth-order valence-corrected chi connectivity index (χ4v) is 1.59. The maximum Gasteiger partial charge on any atom is 0.174 e. The quantitative estimate of drug-likeness (QED) is 0.654. The average Bonchev–Trinajstić information content (AvgIpc) is 2.42. The molecular weight excluding hydrogens is 228 g/mol. The molecule has 0 amide bonds. The Morgan fingerprint density at radius 2 is 1.94 bits per heavy atom. The predicted octanol–water partition coefficient (Wildman–Crippen LogP) is 1.84. The largest absolute Gasteiger partial charge is 0.479 e. The topological polar surface area (TPSA) is 65.3 Å². The number of aliphatic hydroxyl groups excluding tert-OH is 1. The van der Waals surface area contributed by atoms with Gasteiger partial charge in [0, 0.05) is 13.2 Å². The molecule has 1 aromatic rings. The molecule has 1 rings (SSSR count). The van der Waals surface area contributed by atoms with Crippen molar-refractivity contribution >= 4 is 0 Å². The minimum atomic E-state index is 0.0858.